The molecule has 1 aliphatic heterocycles. The summed E-state index contributed by atoms with van der Waals surface area (Å²) in [6.45, 7) is 2.67. The second-order valence-corrected chi connectivity index (χ2v) is 8.29. The van der Waals surface area contributed by atoms with E-state index in [4.69, 9.17) is 4.74 Å². The molecule has 0 spiro atoms. The maximum absolute atomic E-state index is 5.86. The van der Waals surface area contributed by atoms with E-state index in [0.717, 1.165) is 31.9 Å². The number of nitrogens with one attached hydrogen (secondary N) is 1. The molecule has 3 nitrogen and oxygen atoms in total. The number of benzene rings is 1. The van der Waals surface area contributed by atoms with Crippen LogP contribution < -0.4 is 10.1 Å². The normalized spacial score (nSPS) is 17.5. The van der Waals surface area contributed by atoms with Crippen molar-refractivity contribution >= 4 is 27.3 Å². The molecule has 1 unspecified atom stereocenters. The van der Waals surface area contributed by atoms with Crippen LogP contribution in [0.25, 0.3) is 0 Å². The number of nitrogens with zero attached hydrogens (tertiary/aromatic N) is 1. The summed E-state index contributed by atoms with van der Waals surface area (Å²) in [5, 5.41) is 3.62. The van der Waals surface area contributed by atoms with E-state index >= 15 is 0 Å². The van der Waals surface area contributed by atoms with Gasteiger partial charge in [-0.2, -0.15) is 0 Å². The first-order valence-electron chi connectivity index (χ1n) is 7.52. The van der Waals surface area contributed by atoms with Gasteiger partial charge in [-0.1, -0.05) is 6.07 Å². The summed E-state index contributed by atoms with van der Waals surface area (Å²) >= 11 is 5.35. The monoisotopic (exact) mass is 380 g/mol. The van der Waals surface area contributed by atoms with Crippen molar-refractivity contribution in [3.63, 3.8) is 0 Å². The number of likely N-dealkylation sites (N-methyl/N-ethyl adjacent to an activating group) is 1. The largest absolute Gasteiger partial charge is 0.492 e. The van der Waals surface area contributed by atoms with Gasteiger partial charge < -0.3 is 15.0 Å². The lowest BCUT2D eigenvalue weighted by atomic mass is 9.93. The molecule has 118 valence electrons. The zero-order valence-electron chi connectivity index (χ0n) is 12.9. The van der Waals surface area contributed by atoms with Gasteiger partial charge in [-0.15, -0.1) is 11.3 Å². The van der Waals surface area contributed by atoms with Crippen molar-refractivity contribution in [2.45, 2.75) is 12.5 Å². The number of rotatable bonds is 5. The fourth-order valence-corrected chi connectivity index (χ4v) is 4.23. The summed E-state index contributed by atoms with van der Waals surface area (Å²) in [5.74, 6) is 0.980. The average Bonchev–Trinajstić information content (AvgIpc) is 2.92. The fourth-order valence-electron chi connectivity index (χ4n) is 2.71. The lowest BCUT2D eigenvalue weighted by Crippen LogP contribution is -2.30. The first kappa shape index (κ1) is 16.0. The van der Waals surface area contributed by atoms with Crippen LogP contribution in [0, 0.1) is 0 Å². The molecular formula is C17H21BrN2OS. The molecule has 0 fully saturated rings. The van der Waals surface area contributed by atoms with Gasteiger partial charge >= 0.3 is 0 Å². The highest BCUT2D eigenvalue weighted by atomic mass is 79.9. The Morgan fingerprint density at radius 1 is 1.32 bits per heavy atom. The van der Waals surface area contributed by atoms with Gasteiger partial charge in [-0.3, -0.25) is 0 Å². The minimum absolute atomic E-state index is 0.302. The van der Waals surface area contributed by atoms with Crippen LogP contribution in [-0.4, -0.2) is 38.7 Å². The molecule has 1 aromatic heterocycles. The predicted octanol–water partition coefficient (Wildman–Crippen LogP) is 3.69. The molecule has 2 heterocycles. The molecule has 1 atom stereocenters. The van der Waals surface area contributed by atoms with E-state index in [0.29, 0.717) is 6.04 Å². The highest BCUT2D eigenvalue weighted by Gasteiger charge is 2.22. The molecule has 5 heteroatoms. The fraction of sp³-hybridized carbons (Fsp3) is 0.412. The quantitative estimate of drug-likeness (QED) is 0.855. The van der Waals surface area contributed by atoms with Crippen molar-refractivity contribution in [3.05, 3.63) is 50.1 Å². The summed E-state index contributed by atoms with van der Waals surface area (Å²) in [7, 11) is 4.12. The molecule has 22 heavy (non-hydrogen) atoms. The van der Waals surface area contributed by atoms with E-state index < -0.39 is 0 Å². The first-order valence-corrected chi connectivity index (χ1v) is 9.13. The van der Waals surface area contributed by atoms with Crippen LogP contribution in [0.2, 0.25) is 0 Å². The molecule has 0 amide bonds. The molecule has 1 aromatic carbocycles. The van der Waals surface area contributed by atoms with Gasteiger partial charge in [-0.05, 0) is 71.8 Å². The minimum atomic E-state index is 0.302. The van der Waals surface area contributed by atoms with E-state index in [9.17, 15) is 0 Å². The van der Waals surface area contributed by atoms with E-state index in [-0.39, 0.29) is 0 Å². The molecule has 2 aromatic rings. The molecule has 1 aliphatic rings. The highest BCUT2D eigenvalue weighted by molar-refractivity contribution is 9.11. The van der Waals surface area contributed by atoms with Gasteiger partial charge in [0.15, 0.2) is 0 Å². The Hall–Kier alpha value is -0.880. The second kappa shape index (κ2) is 7.13. The Bertz CT molecular complexity index is 641. The first-order chi connectivity index (χ1) is 10.6. The molecular weight excluding hydrogens is 360 g/mol. The molecule has 0 saturated carbocycles. The van der Waals surface area contributed by atoms with Crippen LogP contribution in [0.1, 0.15) is 22.0 Å². The van der Waals surface area contributed by atoms with Crippen molar-refractivity contribution in [2.24, 2.45) is 0 Å². The van der Waals surface area contributed by atoms with Gasteiger partial charge in [-0.25, -0.2) is 0 Å². The summed E-state index contributed by atoms with van der Waals surface area (Å²) in [4.78, 5) is 3.49. The van der Waals surface area contributed by atoms with Crippen LogP contribution in [0.15, 0.2) is 34.1 Å². The van der Waals surface area contributed by atoms with Crippen LogP contribution in [-0.2, 0) is 6.42 Å². The topological polar surface area (TPSA) is 24.5 Å². The third-order valence-corrected chi connectivity index (χ3v) is 5.54. The Morgan fingerprint density at radius 2 is 2.18 bits per heavy atom. The van der Waals surface area contributed by atoms with Gasteiger partial charge in [0.2, 0.25) is 0 Å². The van der Waals surface area contributed by atoms with Crippen molar-refractivity contribution in [2.75, 3.05) is 33.8 Å². The Kier molecular flexibility index (Phi) is 5.18. The van der Waals surface area contributed by atoms with Crippen LogP contribution >= 0.6 is 27.3 Å². The number of hydrogen-bond donors (Lipinski definition) is 1. The molecule has 0 aliphatic carbocycles. The third-order valence-electron chi connectivity index (χ3n) is 3.85. The van der Waals surface area contributed by atoms with Crippen molar-refractivity contribution < 1.29 is 4.74 Å². The number of thiophene rings is 1. The van der Waals surface area contributed by atoms with E-state index in [1.165, 1.54) is 19.8 Å². The molecule has 0 saturated heterocycles. The van der Waals surface area contributed by atoms with Crippen LogP contribution in [0.5, 0.6) is 5.75 Å². The third kappa shape index (κ3) is 3.71. The van der Waals surface area contributed by atoms with Crippen molar-refractivity contribution in [1.29, 1.82) is 0 Å². The summed E-state index contributed by atoms with van der Waals surface area (Å²) in [6.07, 6.45) is 1.06. The lowest BCUT2D eigenvalue weighted by Gasteiger charge is -2.26. The van der Waals surface area contributed by atoms with Crippen LogP contribution in [0.3, 0.4) is 0 Å². The van der Waals surface area contributed by atoms with Crippen molar-refractivity contribution in [3.8, 4) is 5.75 Å². The smallest absolute Gasteiger partial charge is 0.119 e. The summed E-state index contributed by atoms with van der Waals surface area (Å²) in [6, 6.07) is 11.1. The number of ether oxygens (including phenoxy) is 1. The summed E-state index contributed by atoms with van der Waals surface area (Å²) < 4.78 is 7.04. The van der Waals surface area contributed by atoms with Crippen molar-refractivity contribution in [1.82, 2.24) is 10.2 Å². The predicted molar refractivity (Wildman–Crippen MR) is 96.1 cm³/mol. The highest BCUT2D eigenvalue weighted by Crippen LogP contribution is 2.35. The zero-order chi connectivity index (χ0) is 15.5. The van der Waals surface area contributed by atoms with E-state index in [2.05, 4.69) is 70.6 Å². The number of hydrogen-bond acceptors (Lipinski definition) is 4. The SMILES string of the molecule is CN(C)CCOc1ccc2c(c1)CCNC2c1ccc(Br)s1. The Labute approximate surface area is 144 Å². The maximum Gasteiger partial charge on any atom is 0.119 e. The Morgan fingerprint density at radius 3 is 2.91 bits per heavy atom. The second-order valence-electron chi connectivity index (χ2n) is 5.79. The van der Waals surface area contributed by atoms with Crippen LogP contribution in [0.4, 0.5) is 0 Å². The maximum atomic E-state index is 5.86. The molecule has 3 rings (SSSR count). The molecule has 0 radical (unpaired) electrons. The number of halogens is 1. The minimum Gasteiger partial charge on any atom is -0.492 e. The average molecular weight is 381 g/mol. The number of fused-ring (bicyclic) bond motifs is 1. The molecule has 1 N–H and O–H groups in total. The van der Waals surface area contributed by atoms with E-state index in [1.54, 1.807) is 11.3 Å². The van der Waals surface area contributed by atoms with Gasteiger partial charge in [0, 0.05) is 18.0 Å². The standard InChI is InChI=1S/C17H21BrN2OS/c1-20(2)9-10-21-13-3-4-14-12(11-13)7-8-19-17(14)15-5-6-16(18)22-15/h3-6,11,17,19H,7-10H2,1-2H3. The summed E-state index contributed by atoms with van der Waals surface area (Å²) in [5.41, 5.74) is 2.77. The lowest BCUT2D eigenvalue weighted by molar-refractivity contribution is 0.261. The van der Waals surface area contributed by atoms with Gasteiger partial charge in [0.05, 0.1) is 9.83 Å². The van der Waals surface area contributed by atoms with E-state index in [1.807, 2.05) is 0 Å². The van der Waals surface area contributed by atoms with Gasteiger partial charge in [0.25, 0.3) is 0 Å². The Balaban J connectivity index is 1.77. The van der Waals surface area contributed by atoms with Gasteiger partial charge in [0.1, 0.15) is 12.4 Å². The molecule has 0 bridgehead atoms. The zero-order valence-corrected chi connectivity index (χ0v) is 15.3.